The number of hydrogen-bond acceptors (Lipinski definition) is 4. The van der Waals surface area contributed by atoms with E-state index in [-0.39, 0.29) is 5.91 Å². The van der Waals surface area contributed by atoms with Crippen LogP contribution in [0, 0.1) is 11.3 Å². The lowest BCUT2D eigenvalue weighted by molar-refractivity contribution is 0.0779. The monoisotopic (exact) mass is 342 g/mol. The Morgan fingerprint density at radius 2 is 1.81 bits per heavy atom. The molecule has 5 nitrogen and oxygen atoms in total. The van der Waals surface area contributed by atoms with E-state index in [1.807, 2.05) is 42.5 Å². The molecule has 1 aromatic heterocycles. The Labute approximate surface area is 152 Å². The van der Waals surface area contributed by atoms with Crippen LogP contribution in [0.25, 0.3) is 0 Å². The molecule has 0 bridgehead atoms. The van der Waals surface area contributed by atoms with Crippen molar-refractivity contribution in [1.29, 1.82) is 5.26 Å². The third-order valence-corrected chi connectivity index (χ3v) is 3.89. The molecule has 0 saturated heterocycles. The molecule has 1 heterocycles. The van der Waals surface area contributed by atoms with Crippen LogP contribution in [0.5, 0.6) is 0 Å². The summed E-state index contributed by atoms with van der Waals surface area (Å²) in [7, 11) is 1.76. The van der Waals surface area contributed by atoms with Gasteiger partial charge in [-0.3, -0.25) is 9.78 Å². The molecular weight excluding hydrogens is 324 g/mol. The van der Waals surface area contributed by atoms with Crippen molar-refractivity contribution in [2.24, 2.45) is 0 Å². The highest BCUT2D eigenvalue weighted by Crippen LogP contribution is 2.18. The molecular formula is C21H18N4O. The first-order valence-electron chi connectivity index (χ1n) is 8.18. The number of nitrogens with one attached hydrogen (secondary N) is 1. The van der Waals surface area contributed by atoms with Gasteiger partial charge in [-0.1, -0.05) is 30.3 Å². The summed E-state index contributed by atoms with van der Waals surface area (Å²) >= 11 is 0. The van der Waals surface area contributed by atoms with Crippen molar-refractivity contribution in [2.45, 2.75) is 6.54 Å². The molecule has 0 spiro atoms. The van der Waals surface area contributed by atoms with Crippen LogP contribution >= 0.6 is 0 Å². The fourth-order valence-corrected chi connectivity index (χ4v) is 2.54. The van der Waals surface area contributed by atoms with Gasteiger partial charge in [0.15, 0.2) is 0 Å². The van der Waals surface area contributed by atoms with Gasteiger partial charge in [0.2, 0.25) is 0 Å². The van der Waals surface area contributed by atoms with Crippen LogP contribution in [-0.2, 0) is 6.54 Å². The lowest BCUT2D eigenvalue weighted by atomic mass is 10.2. The topological polar surface area (TPSA) is 69.0 Å². The van der Waals surface area contributed by atoms with E-state index in [0.717, 1.165) is 16.9 Å². The lowest BCUT2D eigenvalue weighted by Crippen LogP contribution is -2.27. The summed E-state index contributed by atoms with van der Waals surface area (Å²) in [5, 5.41) is 12.1. The summed E-state index contributed by atoms with van der Waals surface area (Å²) in [5.41, 5.74) is 3.65. The highest BCUT2D eigenvalue weighted by molar-refractivity contribution is 5.93. The Bertz CT molecular complexity index is 930. The summed E-state index contributed by atoms with van der Waals surface area (Å²) < 4.78 is 0. The first-order valence-corrected chi connectivity index (χ1v) is 8.18. The molecule has 0 saturated carbocycles. The zero-order valence-electron chi connectivity index (χ0n) is 14.4. The Hall–Kier alpha value is -3.65. The van der Waals surface area contributed by atoms with Gasteiger partial charge < -0.3 is 10.2 Å². The third-order valence-electron chi connectivity index (χ3n) is 3.89. The summed E-state index contributed by atoms with van der Waals surface area (Å²) in [6.07, 6.45) is 1.61. The molecule has 0 unspecified atom stereocenters. The van der Waals surface area contributed by atoms with E-state index in [4.69, 9.17) is 5.26 Å². The van der Waals surface area contributed by atoms with Gasteiger partial charge in [-0.2, -0.15) is 5.26 Å². The average molecular weight is 342 g/mol. The Morgan fingerprint density at radius 1 is 1.08 bits per heavy atom. The van der Waals surface area contributed by atoms with Crippen LogP contribution in [0.3, 0.4) is 0 Å². The van der Waals surface area contributed by atoms with Gasteiger partial charge in [-0.05, 0) is 42.0 Å². The number of nitrogens with zero attached hydrogens (tertiary/aromatic N) is 3. The standard InChI is InChI=1S/C21H18N4O/c1-25(15-17-5-3-2-4-6-17)21(26)20-13-19(11-12-23-20)24-18-9-7-16(14-22)8-10-18/h2-13H,15H2,1H3,(H,23,24). The van der Waals surface area contributed by atoms with Gasteiger partial charge in [0.05, 0.1) is 11.6 Å². The Balaban J connectivity index is 1.71. The van der Waals surface area contributed by atoms with Gasteiger partial charge in [0.1, 0.15) is 5.69 Å². The number of hydrogen-bond donors (Lipinski definition) is 1. The predicted octanol–water partition coefficient (Wildman–Crippen LogP) is 3.97. The van der Waals surface area contributed by atoms with E-state index in [2.05, 4.69) is 16.4 Å². The van der Waals surface area contributed by atoms with Crippen molar-refractivity contribution in [3.63, 3.8) is 0 Å². The van der Waals surface area contributed by atoms with Crippen molar-refractivity contribution in [3.05, 3.63) is 89.7 Å². The van der Waals surface area contributed by atoms with Crippen LogP contribution in [0.2, 0.25) is 0 Å². The Kier molecular flexibility index (Phi) is 5.25. The third kappa shape index (κ3) is 4.25. The van der Waals surface area contributed by atoms with Gasteiger partial charge in [-0.25, -0.2) is 0 Å². The minimum Gasteiger partial charge on any atom is -0.355 e. The van der Waals surface area contributed by atoms with Crippen LogP contribution in [0.4, 0.5) is 11.4 Å². The number of anilines is 2. The predicted molar refractivity (Wildman–Crippen MR) is 101 cm³/mol. The second-order valence-corrected chi connectivity index (χ2v) is 5.89. The number of amides is 1. The quantitative estimate of drug-likeness (QED) is 0.762. The number of carbonyl (C=O) groups is 1. The van der Waals surface area contributed by atoms with Crippen molar-refractivity contribution < 1.29 is 4.79 Å². The summed E-state index contributed by atoms with van der Waals surface area (Å²) in [6.45, 7) is 0.522. The molecule has 1 N–H and O–H groups in total. The van der Waals surface area contributed by atoms with Gasteiger partial charge in [0.25, 0.3) is 5.91 Å². The van der Waals surface area contributed by atoms with E-state index in [9.17, 15) is 4.79 Å². The summed E-state index contributed by atoms with van der Waals surface area (Å²) in [5.74, 6) is -0.141. The molecule has 2 aromatic carbocycles. The van der Waals surface area contributed by atoms with Crippen molar-refractivity contribution >= 4 is 17.3 Å². The summed E-state index contributed by atoms with van der Waals surface area (Å²) in [6, 6.07) is 22.6. The number of carbonyl (C=O) groups excluding carboxylic acids is 1. The van der Waals surface area contributed by atoms with Crippen LogP contribution in [-0.4, -0.2) is 22.8 Å². The second-order valence-electron chi connectivity index (χ2n) is 5.89. The number of nitriles is 1. The van der Waals surface area contributed by atoms with Crippen LogP contribution < -0.4 is 5.32 Å². The molecule has 5 heteroatoms. The highest BCUT2D eigenvalue weighted by Gasteiger charge is 2.14. The number of aromatic nitrogens is 1. The van der Waals surface area contributed by atoms with E-state index < -0.39 is 0 Å². The van der Waals surface area contributed by atoms with Crippen molar-refractivity contribution in [1.82, 2.24) is 9.88 Å². The fourth-order valence-electron chi connectivity index (χ4n) is 2.54. The largest absolute Gasteiger partial charge is 0.355 e. The summed E-state index contributed by atoms with van der Waals surface area (Å²) in [4.78, 5) is 18.5. The molecule has 0 atom stereocenters. The van der Waals surface area contributed by atoms with E-state index >= 15 is 0 Å². The zero-order chi connectivity index (χ0) is 18.4. The van der Waals surface area contributed by atoms with Gasteiger partial charge in [0, 0.05) is 31.2 Å². The average Bonchev–Trinajstić information content (AvgIpc) is 2.69. The van der Waals surface area contributed by atoms with Gasteiger partial charge in [-0.15, -0.1) is 0 Å². The maximum Gasteiger partial charge on any atom is 0.272 e. The van der Waals surface area contributed by atoms with Gasteiger partial charge >= 0.3 is 0 Å². The van der Waals surface area contributed by atoms with Crippen LogP contribution in [0.15, 0.2) is 72.9 Å². The maximum absolute atomic E-state index is 12.6. The van der Waals surface area contributed by atoms with E-state index in [1.165, 1.54) is 0 Å². The van der Waals surface area contributed by atoms with Crippen LogP contribution in [0.1, 0.15) is 21.6 Å². The molecule has 0 aliphatic rings. The molecule has 0 radical (unpaired) electrons. The Morgan fingerprint density at radius 3 is 2.50 bits per heavy atom. The number of rotatable bonds is 5. The first kappa shape index (κ1) is 17.2. The highest BCUT2D eigenvalue weighted by atomic mass is 16.2. The second kappa shape index (κ2) is 7.95. The maximum atomic E-state index is 12.6. The number of benzene rings is 2. The molecule has 0 fully saturated rings. The minimum atomic E-state index is -0.141. The molecule has 26 heavy (non-hydrogen) atoms. The molecule has 0 aliphatic carbocycles. The minimum absolute atomic E-state index is 0.141. The van der Waals surface area contributed by atoms with Crippen molar-refractivity contribution in [3.8, 4) is 6.07 Å². The molecule has 0 aliphatic heterocycles. The lowest BCUT2D eigenvalue weighted by Gasteiger charge is -2.17. The zero-order valence-corrected chi connectivity index (χ0v) is 14.4. The first-order chi connectivity index (χ1) is 12.7. The van der Waals surface area contributed by atoms with E-state index in [0.29, 0.717) is 17.8 Å². The SMILES string of the molecule is CN(Cc1ccccc1)C(=O)c1cc(Nc2ccc(C#N)cc2)ccn1. The van der Waals surface area contributed by atoms with Crippen molar-refractivity contribution in [2.75, 3.05) is 12.4 Å². The smallest absolute Gasteiger partial charge is 0.272 e. The fraction of sp³-hybridized carbons (Fsp3) is 0.0952. The molecule has 3 aromatic rings. The normalized spacial score (nSPS) is 10.0. The molecule has 1 amide bonds. The molecule has 3 rings (SSSR count). The molecule has 128 valence electrons. The van der Waals surface area contributed by atoms with E-state index in [1.54, 1.807) is 42.4 Å². The number of pyridine rings is 1.